The highest BCUT2D eigenvalue weighted by atomic mass is 35.5. The van der Waals surface area contributed by atoms with Crippen molar-refractivity contribution in [3.05, 3.63) is 33.3 Å². The molecule has 0 aromatic heterocycles. The van der Waals surface area contributed by atoms with Crippen LogP contribution >= 0.6 is 11.6 Å². The van der Waals surface area contributed by atoms with Gasteiger partial charge in [0.25, 0.3) is 5.69 Å². The maximum absolute atomic E-state index is 11.0. The third-order valence-corrected chi connectivity index (χ3v) is 3.91. The van der Waals surface area contributed by atoms with E-state index in [0.29, 0.717) is 22.7 Å². The van der Waals surface area contributed by atoms with Crippen LogP contribution in [0, 0.1) is 16.0 Å². The summed E-state index contributed by atoms with van der Waals surface area (Å²) in [7, 11) is 0. The Morgan fingerprint density at radius 3 is 2.94 bits per heavy atom. The van der Waals surface area contributed by atoms with Crippen LogP contribution in [0.2, 0.25) is 5.02 Å². The average molecular weight is 269 g/mol. The quantitative estimate of drug-likeness (QED) is 0.656. The summed E-state index contributed by atoms with van der Waals surface area (Å²) in [5.41, 5.74) is 0.638. The summed E-state index contributed by atoms with van der Waals surface area (Å²) < 4.78 is 0. The Kier molecular flexibility index (Phi) is 4.07. The predicted molar refractivity (Wildman–Crippen MR) is 73.1 cm³/mol. The number of nitro benzene ring substituents is 1. The molecule has 1 N–H and O–H groups in total. The molecule has 0 heterocycles. The molecule has 1 aliphatic carbocycles. The number of hydrogen-bond donors (Lipinski definition) is 1. The van der Waals surface area contributed by atoms with Crippen molar-refractivity contribution in [1.29, 1.82) is 0 Å². The van der Waals surface area contributed by atoms with E-state index in [1.807, 2.05) is 0 Å². The summed E-state index contributed by atoms with van der Waals surface area (Å²) in [6.07, 6.45) is 4.56. The van der Waals surface area contributed by atoms with Crippen molar-refractivity contribution >= 4 is 23.0 Å². The molecule has 1 aromatic rings. The van der Waals surface area contributed by atoms with Crippen LogP contribution in [0.25, 0.3) is 0 Å². The molecule has 1 fully saturated rings. The van der Waals surface area contributed by atoms with Gasteiger partial charge in [0.1, 0.15) is 5.69 Å². The van der Waals surface area contributed by atoms with Gasteiger partial charge in [-0.25, -0.2) is 0 Å². The highest BCUT2D eigenvalue weighted by Crippen LogP contribution is 2.34. The minimum atomic E-state index is -0.367. The SMILES string of the molecule is CCC1CCCC1Nc1cc(Cl)ccc1[N+](=O)[O-]. The van der Waals surface area contributed by atoms with Crippen LogP contribution in [-0.4, -0.2) is 11.0 Å². The lowest BCUT2D eigenvalue weighted by Gasteiger charge is -2.20. The Morgan fingerprint density at radius 1 is 1.50 bits per heavy atom. The third kappa shape index (κ3) is 2.75. The molecule has 98 valence electrons. The van der Waals surface area contributed by atoms with E-state index in [4.69, 9.17) is 11.6 Å². The van der Waals surface area contributed by atoms with Crippen molar-refractivity contribution in [2.24, 2.45) is 5.92 Å². The monoisotopic (exact) mass is 268 g/mol. The summed E-state index contributed by atoms with van der Waals surface area (Å²) in [6, 6.07) is 4.98. The Balaban J connectivity index is 2.22. The van der Waals surface area contributed by atoms with Crippen LogP contribution < -0.4 is 5.32 Å². The number of benzene rings is 1. The van der Waals surface area contributed by atoms with Gasteiger partial charge in [-0.3, -0.25) is 10.1 Å². The number of anilines is 1. The van der Waals surface area contributed by atoms with Gasteiger partial charge in [0, 0.05) is 17.1 Å². The maximum Gasteiger partial charge on any atom is 0.292 e. The highest BCUT2D eigenvalue weighted by molar-refractivity contribution is 6.31. The molecule has 1 aromatic carbocycles. The minimum Gasteiger partial charge on any atom is -0.376 e. The lowest BCUT2D eigenvalue weighted by atomic mass is 10.0. The minimum absolute atomic E-state index is 0.0983. The Labute approximate surface area is 111 Å². The molecule has 5 heteroatoms. The van der Waals surface area contributed by atoms with Crippen molar-refractivity contribution in [2.75, 3.05) is 5.32 Å². The summed E-state index contributed by atoms with van der Waals surface area (Å²) in [6.45, 7) is 2.16. The lowest BCUT2D eigenvalue weighted by Crippen LogP contribution is -2.23. The molecule has 0 radical (unpaired) electrons. The zero-order valence-electron chi connectivity index (χ0n) is 10.4. The van der Waals surface area contributed by atoms with Crippen molar-refractivity contribution < 1.29 is 4.92 Å². The molecule has 0 aliphatic heterocycles. The van der Waals surface area contributed by atoms with Crippen molar-refractivity contribution in [2.45, 2.75) is 38.6 Å². The van der Waals surface area contributed by atoms with Gasteiger partial charge < -0.3 is 5.32 Å². The largest absolute Gasteiger partial charge is 0.376 e. The van der Waals surface area contributed by atoms with Crippen LogP contribution in [0.3, 0.4) is 0 Å². The molecule has 0 amide bonds. The predicted octanol–water partition coefficient (Wildman–Crippen LogP) is 4.24. The molecular formula is C13H17ClN2O2. The normalized spacial score (nSPS) is 23.0. The fraction of sp³-hybridized carbons (Fsp3) is 0.538. The number of halogens is 1. The van der Waals surface area contributed by atoms with Crippen molar-refractivity contribution in [3.63, 3.8) is 0 Å². The number of hydrogen-bond acceptors (Lipinski definition) is 3. The molecule has 0 spiro atoms. The summed E-state index contributed by atoms with van der Waals surface area (Å²) in [4.78, 5) is 10.6. The van der Waals surface area contributed by atoms with E-state index in [9.17, 15) is 10.1 Å². The summed E-state index contributed by atoms with van der Waals surface area (Å²) in [5.74, 6) is 0.601. The van der Waals surface area contributed by atoms with E-state index in [-0.39, 0.29) is 10.6 Å². The topological polar surface area (TPSA) is 55.2 Å². The average Bonchev–Trinajstić information content (AvgIpc) is 2.76. The van der Waals surface area contributed by atoms with Crippen LogP contribution in [-0.2, 0) is 0 Å². The smallest absolute Gasteiger partial charge is 0.292 e. The van der Waals surface area contributed by atoms with E-state index >= 15 is 0 Å². The number of nitro groups is 1. The molecule has 4 nitrogen and oxygen atoms in total. The van der Waals surface area contributed by atoms with Crippen LogP contribution in [0.4, 0.5) is 11.4 Å². The number of nitrogens with zero attached hydrogens (tertiary/aromatic N) is 1. The van der Waals surface area contributed by atoms with Crippen LogP contribution in [0.15, 0.2) is 18.2 Å². The molecule has 2 unspecified atom stereocenters. The zero-order valence-corrected chi connectivity index (χ0v) is 11.1. The molecule has 2 atom stereocenters. The van der Waals surface area contributed by atoms with E-state index in [2.05, 4.69) is 12.2 Å². The number of nitrogens with one attached hydrogen (secondary N) is 1. The van der Waals surface area contributed by atoms with Gasteiger partial charge in [-0.2, -0.15) is 0 Å². The highest BCUT2D eigenvalue weighted by Gasteiger charge is 2.27. The first-order valence-corrected chi connectivity index (χ1v) is 6.70. The van der Waals surface area contributed by atoms with Gasteiger partial charge in [0.05, 0.1) is 4.92 Å². The first-order chi connectivity index (χ1) is 8.61. The van der Waals surface area contributed by atoms with E-state index in [1.54, 1.807) is 12.1 Å². The second-order valence-electron chi connectivity index (χ2n) is 4.77. The van der Waals surface area contributed by atoms with Gasteiger partial charge in [-0.1, -0.05) is 31.4 Å². The molecule has 1 saturated carbocycles. The maximum atomic E-state index is 11.0. The molecule has 18 heavy (non-hydrogen) atoms. The fourth-order valence-electron chi connectivity index (χ4n) is 2.70. The first-order valence-electron chi connectivity index (χ1n) is 6.32. The molecule has 0 bridgehead atoms. The zero-order chi connectivity index (χ0) is 13.1. The Bertz CT molecular complexity index is 451. The van der Waals surface area contributed by atoms with Gasteiger partial charge in [0.2, 0.25) is 0 Å². The molecule has 0 saturated heterocycles. The van der Waals surface area contributed by atoms with Gasteiger partial charge in [0.15, 0.2) is 0 Å². The lowest BCUT2D eigenvalue weighted by molar-refractivity contribution is -0.384. The summed E-state index contributed by atoms with van der Waals surface area (Å²) >= 11 is 5.91. The van der Waals surface area contributed by atoms with E-state index < -0.39 is 0 Å². The van der Waals surface area contributed by atoms with Gasteiger partial charge >= 0.3 is 0 Å². The van der Waals surface area contributed by atoms with E-state index in [1.165, 1.54) is 18.9 Å². The van der Waals surface area contributed by atoms with Gasteiger partial charge in [-0.15, -0.1) is 0 Å². The van der Waals surface area contributed by atoms with Crippen molar-refractivity contribution in [3.8, 4) is 0 Å². The number of rotatable bonds is 4. The van der Waals surface area contributed by atoms with E-state index in [0.717, 1.165) is 12.8 Å². The van der Waals surface area contributed by atoms with Crippen LogP contribution in [0.1, 0.15) is 32.6 Å². The molecule has 2 rings (SSSR count). The first kappa shape index (κ1) is 13.1. The second-order valence-corrected chi connectivity index (χ2v) is 5.21. The van der Waals surface area contributed by atoms with Crippen molar-refractivity contribution in [1.82, 2.24) is 0 Å². The molecule has 1 aliphatic rings. The fourth-order valence-corrected chi connectivity index (χ4v) is 2.87. The molecular weight excluding hydrogens is 252 g/mol. The summed E-state index contributed by atoms with van der Waals surface area (Å²) in [5, 5.41) is 14.8. The standard InChI is InChI=1S/C13H17ClN2O2/c1-2-9-4-3-5-11(9)15-12-8-10(14)6-7-13(12)16(17)18/h6-9,11,15H,2-5H2,1H3. The second kappa shape index (κ2) is 5.57. The Hall–Kier alpha value is -1.29. The van der Waals surface area contributed by atoms with Gasteiger partial charge in [-0.05, 0) is 30.9 Å². The Morgan fingerprint density at radius 2 is 2.28 bits per heavy atom. The third-order valence-electron chi connectivity index (χ3n) is 3.68. The van der Waals surface area contributed by atoms with Crippen LogP contribution in [0.5, 0.6) is 0 Å².